The van der Waals surface area contributed by atoms with Gasteiger partial charge in [-0.25, -0.2) is 4.99 Å². The van der Waals surface area contributed by atoms with Crippen molar-refractivity contribution >= 4 is 25.1 Å². The van der Waals surface area contributed by atoms with Gasteiger partial charge in [-0.05, 0) is 23.1 Å². The number of hydrogen-bond donors (Lipinski definition) is 0. The molecule has 3 heteroatoms. The Morgan fingerprint density at radius 2 is 1.80 bits per heavy atom. The Balaban J connectivity index is 1.88. The van der Waals surface area contributed by atoms with E-state index in [4.69, 9.17) is 4.74 Å². The van der Waals surface area contributed by atoms with Gasteiger partial charge in [0.15, 0.2) is 5.90 Å². The smallest absolute Gasteiger partial charge is 0.180 e. The molecule has 2 nitrogen and oxygen atoms in total. The maximum atomic E-state index is 5.49. The maximum Gasteiger partial charge on any atom is 0.180 e. The van der Waals surface area contributed by atoms with Gasteiger partial charge in [0.05, 0.1) is 0 Å². The Labute approximate surface area is 121 Å². The molecule has 0 spiro atoms. The molecule has 0 amide bonds. The van der Waals surface area contributed by atoms with Gasteiger partial charge in [-0.3, -0.25) is 0 Å². The number of benzene rings is 2. The van der Waals surface area contributed by atoms with Crippen molar-refractivity contribution in [3.8, 4) is 0 Å². The highest BCUT2D eigenvalue weighted by Crippen LogP contribution is 2.25. The minimum Gasteiger partial charge on any atom is -0.479 e. The summed E-state index contributed by atoms with van der Waals surface area (Å²) in [6.07, 6.45) is 0. The highest BCUT2D eigenvalue weighted by molar-refractivity contribution is 7.55. The molecule has 0 bridgehead atoms. The molecule has 1 aliphatic rings. The van der Waals surface area contributed by atoms with Gasteiger partial charge in [-0.1, -0.05) is 62.7 Å². The van der Waals surface area contributed by atoms with E-state index in [0.29, 0.717) is 15.2 Å². The lowest BCUT2D eigenvalue weighted by Gasteiger charge is -2.12. The van der Waals surface area contributed by atoms with Crippen LogP contribution in [0.25, 0.3) is 0 Å². The first-order chi connectivity index (χ1) is 9.72. The van der Waals surface area contributed by atoms with Crippen LogP contribution in [-0.4, -0.2) is 12.5 Å². The number of ether oxygens (including phenoxy) is 1. The second kappa shape index (κ2) is 5.76. The molecule has 3 rings (SSSR count). The molecule has 0 saturated carbocycles. The molecular weight excluding hydrogens is 265 g/mol. The molecule has 2 atom stereocenters. The van der Waals surface area contributed by atoms with Crippen LogP contribution in [0.4, 0.5) is 0 Å². The van der Waals surface area contributed by atoms with Gasteiger partial charge < -0.3 is 4.74 Å². The van der Waals surface area contributed by atoms with E-state index in [1.54, 1.807) is 0 Å². The van der Waals surface area contributed by atoms with Gasteiger partial charge in [0, 0.05) is 6.92 Å². The van der Waals surface area contributed by atoms with E-state index in [-0.39, 0.29) is 6.04 Å². The predicted octanol–water partition coefficient (Wildman–Crippen LogP) is 3.11. The van der Waals surface area contributed by atoms with Gasteiger partial charge in [0.1, 0.15) is 12.6 Å². The summed E-state index contributed by atoms with van der Waals surface area (Å²) in [4.78, 5) is 4.57. The van der Waals surface area contributed by atoms with Crippen molar-refractivity contribution in [1.29, 1.82) is 0 Å². The lowest BCUT2D eigenvalue weighted by molar-refractivity contribution is 0.317. The van der Waals surface area contributed by atoms with Crippen molar-refractivity contribution in [1.82, 2.24) is 0 Å². The molecule has 2 aromatic rings. The zero-order valence-corrected chi connectivity index (χ0v) is 12.8. The van der Waals surface area contributed by atoms with Crippen molar-refractivity contribution in [2.75, 3.05) is 6.61 Å². The van der Waals surface area contributed by atoms with Gasteiger partial charge in [0.25, 0.3) is 0 Å². The fraction of sp³-hybridized carbons (Fsp3) is 0.235. The molecule has 1 heterocycles. The molecule has 0 aliphatic carbocycles. The number of aryl methyl sites for hydroxylation is 1. The van der Waals surface area contributed by atoms with Crippen LogP contribution in [0.15, 0.2) is 53.5 Å². The monoisotopic (exact) mass is 283 g/mol. The lowest BCUT2D eigenvalue weighted by atomic mass is 10.1. The third kappa shape index (κ3) is 2.91. The summed E-state index contributed by atoms with van der Waals surface area (Å²) in [5.74, 6) is 0.795. The van der Waals surface area contributed by atoms with E-state index in [9.17, 15) is 0 Å². The molecule has 0 saturated heterocycles. The van der Waals surface area contributed by atoms with Gasteiger partial charge in [-0.15, -0.1) is 0 Å². The van der Waals surface area contributed by atoms with Gasteiger partial charge >= 0.3 is 0 Å². The van der Waals surface area contributed by atoms with Crippen LogP contribution in [-0.2, 0) is 4.74 Å². The fourth-order valence-corrected chi connectivity index (χ4v) is 3.56. The van der Waals surface area contributed by atoms with Crippen LogP contribution >= 0.6 is 8.58 Å². The minimum absolute atomic E-state index is 0.157. The maximum absolute atomic E-state index is 5.49. The summed E-state index contributed by atoms with van der Waals surface area (Å²) in [5, 5.41) is 2.73. The van der Waals surface area contributed by atoms with Crippen LogP contribution in [0.1, 0.15) is 24.1 Å². The third-order valence-electron chi connectivity index (χ3n) is 3.44. The molecule has 20 heavy (non-hydrogen) atoms. The topological polar surface area (TPSA) is 21.6 Å². The normalized spacial score (nSPS) is 18.3. The first kappa shape index (κ1) is 13.3. The highest BCUT2D eigenvalue weighted by atomic mass is 31.1. The van der Waals surface area contributed by atoms with E-state index in [0.717, 1.165) is 5.90 Å². The van der Waals surface area contributed by atoms with E-state index in [1.807, 2.05) is 6.92 Å². The van der Waals surface area contributed by atoms with E-state index in [2.05, 4.69) is 60.4 Å². The molecule has 102 valence electrons. The average molecular weight is 283 g/mol. The Bertz CT molecular complexity index is 634. The largest absolute Gasteiger partial charge is 0.479 e. The number of aliphatic imine (C=N–C) groups is 1. The first-order valence-electron chi connectivity index (χ1n) is 6.82. The summed E-state index contributed by atoms with van der Waals surface area (Å²) in [5.41, 5.74) is 2.60. The first-order valence-corrected chi connectivity index (χ1v) is 7.82. The Morgan fingerprint density at radius 1 is 1.05 bits per heavy atom. The summed E-state index contributed by atoms with van der Waals surface area (Å²) < 4.78 is 5.49. The third-order valence-corrected chi connectivity index (χ3v) is 4.78. The quantitative estimate of drug-likeness (QED) is 0.793. The molecule has 0 N–H and O–H groups in total. The highest BCUT2D eigenvalue weighted by Gasteiger charge is 2.20. The zero-order chi connectivity index (χ0) is 13.9. The van der Waals surface area contributed by atoms with E-state index in [1.165, 1.54) is 21.7 Å². The molecule has 1 aliphatic heterocycles. The average Bonchev–Trinajstić information content (AvgIpc) is 2.88. The van der Waals surface area contributed by atoms with E-state index < -0.39 is 0 Å². The van der Waals surface area contributed by atoms with Gasteiger partial charge in [0.2, 0.25) is 0 Å². The molecule has 1 unspecified atom stereocenters. The number of nitrogens with zero attached hydrogens (tertiary/aromatic N) is 1. The second-order valence-corrected chi connectivity index (χ2v) is 6.42. The molecule has 0 radical (unpaired) electrons. The van der Waals surface area contributed by atoms with Crippen LogP contribution in [0.2, 0.25) is 0 Å². The predicted molar refractivity (Wildman–Crippen MR) is 87.0 cm³/mol. The summed E-state index contributed by atoms with van der Waals surface area (Å²) in [6.45, 7) is 4.71. The second-order valence-electron chi connectivity index (χ2n) is 5.05. The summed E-state index contributed by atoms with van der Waals surface area (Å²) in [7, 11) is 0.666. The van der Waals surface area contributed by atoms with Crippen LogP contribution in [0, 0.1) is 6.92 Å². The molecular formula is C17H18NOP. The van der Waals surface area contributed by atoms with Crippen LogP contribution < -0.4 is 10.6 Å². The van der Waals surface area contributed by atoms with Gasteiger partial charge in [-0.2, -0.15) is 0 Å². The molecule has 0 fully saturated rings. The SMILES string of the molecule is CC1=N[C@@H](c2ccccc2Pc2ccc(C)cc2)CO1. The fourth-order valence-electron chi connectivity index (χ4n) is 2.35. The zero-order valence-electron chi connectivity index (χ0n) is 11.8. The summed E-state index contributed by atoms with van der Waals surface area (Å²) in [6, 6.07) is 17.5. The van der Waals surface area contributed by atoms with Crippen LogP contribution in [0.5, 0.6) is 0 Å². The van der Waals surface area contributed by atoms with Crippen molar-refractivity contribution in [3.63, 3.8) is 0 Å². The van der Waals surface area contributed by atoms with Crippen molar-refractivity contribution in [2.24, 2.45) is 4.99 Å². The minimum atomic E-state index is 0.157. The lowest BCUT2D eigenvalue weighted by Crippen LogP contribution is -2.12. The Kier molecular flexibility index (Phi) is 3.84. The van der Waals surface area contributed by atoms with E-state index >= 15 is 0 Å². The Morgan fingerprint density at radius 3 is 2.50 bits per heavy atom. The van der Waals surface area contributed by atoms with Crippen molar-refractivity contribution in [3.05, 3.63) is 59.7 Å². The Hall–Kier alpha value is -1.66. The molecule has 0 aromatic heterocycles. The number of rotatable bonds is 3. The summed E-state index contributed by atoms with van der Waals surface area (Å²) >= 11 is 0. The standard InChI is InChI=1S/C17H18NOP/c1-12-7-9-14(10-8-12)20-17-6-4-3-5-15(17)16-11-19-13(2)18-16/h3-10,16,20H,11H2,1-2H3/t16-/m1/s1. The van der Waals surface area contributed by atoms with Crippen molar-refractivity contribution < 1.29 is 4.74 Å². The number of hydrogen-bond acceptors (Lipinski definition) is 2. The van der Waals surface area contributed by atoms with Crippen molar-refractivity contribution in [2.45, 2.75) is 19.9 Å². The van der Waals surface area contributed by atoms with Crippen LogP contribution in [0.3, 0.4) is 0 Å². The molecule has 2 aromatic carbocycles.